The van der Waals surface area contributed by atoms with E-state index in [2.05, 4.69) is 0 Å². The standard InChI is InChI=1S/C23H22N2O4/c1-15-6-8-16(9-7-15)14-29-22(28)23-13-12-20(26)25(23)19-5-3-2-4-18(19)21(27)24(23)17-10-11-17/h2-9,17H,10-14H2,1H3. The van der Waals surface area contributed by atoms with Crippen molar-refractivity contribution in [1.29, 1.82) is 0 Å². The van der Waals surface area contributed by atoms with E-state index in [9.17, 15) is 14.4 Å². The van der Waals surface area contributed by atoms with Crippen molar-refractivity contribution < 1.29 is 19.1 Å². The van der Waals surface area contributed by atoms with Crippen LogP contribution in [-0.4, -0.2) is 34.4 Å². The van der Waals surface area contributed by atoms with Gasteiger partial charge in [-0.1, -0.05) is 42.0 Å². The minimum atomic E-state index is -1.38. The zero-order valence-electron chi connectivity index (χ0n) is 16.3. The smallest absolute Gasteiger partial charge is 0.354 e. The molecule has 1 atom stereocenters. The van der Waals surface area contributed by atoms with E-state index in [0.717, 1.165) is 24.0 Å². The second kappa shape index (κ2) is 6.44. The van der Waals surface area contributed by atoms with Crippen molar-refractivity contribution in [3.63, 3.8) is 0 Å². The number of nitrogens with zero attached hydrogens (tertiary/aromatic N) is 2. The van der Waals surface area contributed by atoms with Crippen molar-refractivity contribution in [1.82, 2.24) is 4.90 Å². The number of rotatable bonds is 4. The lowest BCUT2D eigenvalue weighted by atomic mass is 9.96. The molecule has 2 aromatic rings. The number of carbonyl (C=O) groups is 3. The Kier molecular flexibility index (Phi) is 3.98. The second-order valence-electron chi connectivity index (χ2n) is 8.03. The number of benzene rings is 2. The first-order valence-corrected chi connectivity index (χ1v) is 10.0. The van der Waals surface area contributed by atoms with Crippen LogP contribution in [0.3, 0.4) is 0 Å². The fraction of sp³-hybridized carbons (Fsp3) is 0.348. The van der Waals surface area contributed by atoms with Gasteiger partial charge in [-0.05, 0) is 37.5 Å². The van der Waals surface area contributed by atoms with Crippen LogP contribution in [0.2, 0.25) is 0 Å². The number of fused-ring (bicyclic) bond motifs is 3. The van der Waals surface area contributed by atoms with Crippen LogP contribution in [0.5, 0.6) is 0 Å². The van der Waals surface area contributed by atoms with Crippen LogP contribution in [0.15, 0.2) is 48.5 Å². The average Bonchev–Trinajstić information content (AvgIpc) is 3.50. The van der Waals surface area contributed by atoms with Crippen molar-refractivity contribution in [2.45, 2.75) is 50.9 Å². The third-order valence-electron chi connectivity index (χ3n) is 6.03. The Morgan fingerprint density at radius 3 is 2.55 bits per heavy atom. The molecule has 1 aliphatic carbocycles. The molecule has 0 radical (unpaired) electrons. The summed E-state index contributed by atoms with van der Waals surface area (Å²) in [7, 11) is 0. The molecule has 1 unspecified atom stereocenters. The highest BCUT2D eigenvalue weighted by atomic mass is 16.5. The van der Waals surface area contributed by atoms with Gasteiger partial charge in [-0.25, -0.2) is 4.79 Å². The molecular formula is C23H22N2O4. The number of hydrogen-bond acceptors (Lipinski definition) is 4. The summed E-state index contributed by atoms with van der Waals surface area (Å²) >= 11 is 0. The van der Waals surface area contributed by atoms with E-state index >= 15 is 0 Å². The predicted molar refractivity (Wildman–Crippen MR) is 106 cm³/mol. The maximum atomic E-state index is 13.5. The largest absolute Gasteiger partial charge is 0.458 e. The van der Waals surface area contributed by atoms with Crippen LogP contribution < -0.4 is 4.90 Å². The lowest BCUT2D eigenvalue weighted by molar-refractivity contribution is -0.159. The van der Waals surface area contributed by atoms with E-state index in [4.69, 9.17) is 4.74 Å². The van der Waals surface area contributed by atoms with Crippen LogP contribution in [-0.2, 0) is 20.9 Å². The first kappa shape index (κ1) is 17.9. The fourth-order valence-electron chi connectivity index (χ4n) is 4.46. The fourth-order valence-corrected chi connectivity index (χ4v) is 4.46. The Morgan fingerprint density at radius 1 is 1.10 bits per heavy atom. The molecule has 2 fully saturated rings. The molecule has 5 rings (SSSR count). The number of hydrogen-bond donors (Lipinski definition) is 0. The summed E-state index contributed by atoms with van der Waals surface area (Å²) in [5, 5.41) is 0. The average molecular weight is 390 g/mol. The van der Waals surface area contributed by atoms with Crippen LogP contribution in [0.25, 0.3) is 0 Å². The summed E-state index contributed by atoms with van der Waals surface area (Å²) < 4.78 is 5.71. The minimum absolute atomic E-state index is 0.0313. The summed E-state index contributed by atoms with van der Waals surface area (Å²) in [5.41, 5.74) is 1.59. The molecule has 1 saturated carbocycles. The Bertz CT molecular complexity index is 1010. The van der Waals surface area contributed by atoms with Crippen molar-refractivity contribution in [3.8, 4) is 0 Å². The van der Waals surface area contributed by atoms with Gasteiger partial charge in [-0.3, -0.25) is 14.5 Å². The molecule has 2 aromatic carbocycles. The quantitative estimate of drug-likeness (QED) is 0.752. The minimum Gasteiger partial charge on any atom is -0.458 e. The molecule has 6 nitrogen and oxygen atoms in total. The first-order chi connectivity index (χ1) is 14.0. The molecular weight excluding hydrogens is 368 g/mol. The van der Waals surface area contributed by atoms with Gasteiger partial charge in [-0.15, -0.1) is 0 Å². The summed E-state index contributed by atoms with van der Waals surface area (Å²) in [4.78, 5) is 42.8. The molecule has 2 heterocycles. The zero-order valence-corrected chi connectivity index (χ0v) is 16.3. The van der Waals surface area contributed by atoms with E-state index in [1.807, 2.05) is 31.2 Å². The summed E-state index contributed by atoms with van der Waals surface area (Å²) in [6.07, 6.45) is 2.14. The van der Waals surface area contributed by atoms with Gasteiger partial charge in [-0.2, -0.15) is 0 Å². The molecule has 0 aromatic heterocycles. The molecule has 29 heavy (non-hydrogen) atoms. The third kappa shape index (κ3) is 2.66. The van der Waals surface area contributed by atoms with Crippen LogP contribution >= 0.6 is 0 Å². The van der Waals surface area contributed by atoms with Crippen LogP contribution in [0.1, 0.15) is 47.2 Å². The number of anilines is 1. The Balaban J connectivity index is 1.54. The molecule has 3 aliphatic rings. The normalized spacial score (nSPS) is 23.1. The highest BCUT2D eigenvalue weighted by Gasteiger charge is 2.64. The molecule has 148 valence electrons. The van der Waals surface area contributed by atoms with Crippen molar-refractivity contribution in [2.24, 2.45) is 0 Å². The van der Waals surface area contributed by atoms with Crippen LogP contribution in [0.4, 0.5) is 5.69 Å². The van der Waals surface area contributed by atoms with Gasteiger partial charge in [0.05, 0.1) is 11.3 Å². The van der Waals surface area contributed by atoms with Crippen molar-refractivity contribution >= 4 is 23.5 Å². The van der Waals surface area contributed by atoms with Crippen molar-refractivity contribution in [3.05, 3.63) is 65.2 Å². The van der Waals surface area contributed by atoms with Gasteiger partial charge < -0.3 is 9.64 Å². The monoisotopic (exact) mass is 390 g/mol. The van der Waals surface area contributed by atoms with Gasteiger partial charge in [0.15, 0.2) is 0 Å². The molecule has 1 saturated heterocycles. The van der Waals surface area contributed by atoms with E-state index in [0.29, 0.717) is 11.3 Å². The highest BCUT2D eigenvalue weighted by Crippen LogP contribution is 2.49. The molecule has 0 spiro atoms. The van der Waals surface area contributed by atoms with Crippen molar-refractivity contribution in [2.75, 3.05) is 4.90 Å². The number of amides is 2. The van der Waals surface area contributed by atoms with E-state index < -0.39 is 11.6 Å². The van der Waals surface area contributed by atoms with Crippen LogP contribution in [0, 0.1) is 6.92 Å². The Morgan fingerprint density at radius 2 is 1.83 bits per heavy atom. The number of carbonyl (C=O) groups excluding carboxylic acids is 3. The number of para-hydroxylation sites is 1. The molecule has 2 amide bonds. The molecule has 6 heteroatoms. The van der Waals surface area contributed by atoms with Gasteiger partial charge in [0.2, 0.25) is 11.6 Å². The number of aryl methyl sites for hydroxylation is 1. The van der Waals surface area contributed by atoms with E-state index in [-0.39, 0.29) is 37.3 Å². The third-order valence-corrected chi connectivity index (χ3v) is 6.03. The molecule has 0 bridgehead atoms. The van der Waals surface area contributed by atoms with Gasteiger partial charge in [0.1, 0.15) is 6.61 Å². The lowest BCUT2D eigenvalue weighted by Crippen LogP contribution is -2.69. The zero-order chi connectivity index (χ0) is 20.2. The Labute approximate surface area is 169 Å². The Hall–Kier alpha value is -3.15. The highest BCUT2D eigenvalue weighted by molar-refractivity contribution is 6.15. The SMILES string of the molecule is Cc1ccc(COC(=O)C23CCC(=O)N2c2ccccc2C(=O)N3C2CC2)cc1. The van der Waals surface area contributed by atoms with E-state index in [1.165, 1.54) is 4.90 Å². The van der Waals surface area contributed by atoms with E-state index in [1.54, 1.807) is 29.2 Å². The summed E-state index contributed by atoms with van der Waals surface area (Å²) in [5.74, 6) is -0.872. The number of ether oxygens (including phenoxy) is 1. The predicted octanol–water partition coefficient (Wildman–Crippen LogP) is 3.18. The first-order valence-electron chi connectivity index (χ1n) is 10.0. The maximum absolute atomic E-state index is 13.5. The lowest BCUT2D eigenvalue weighted by Gasteiger charge is -2.48. The van der Waals surface area contributed by atoms with Gasteiger partial charge >= 0.3 is 5.97 Å². The number of esters is 1. The van der Waals surface area contributed by atoms with Gasteiger partial charge in [0, 0.05) is 18.9 Å². The maximum Gasteiger partial charge on any atom is 0.354 e. The summed E-state index contributed by atoms with van der Waals surface area (Å²) in [6, 6.07) is 14.8. The second-order valence-corrected chi connectivity index (χ2v) is 8.03. The summed E-state index contributed by atoms with van der Waals surface area (Å²) in [6.45, 7) is 2.10. The van der Waals surface area contributed by atoms with Gasteiger partial charge in [0.25, 0.3) is 5.91 Å². The molecule has 0 N–H and O–H groups in total. The molecule has 2 aliphatic heterocycles. The topological polar surface area (TPSA) is 66.9 Å².